The predicted octanol–water partition coefficient (Wildman–Crippen LogP) is 5.30. The van der Waals surface area contributed by atoms with Gasteiger partial charge in [-0.25, -0.2) is 9.07 Å². The van der Waals surface area contributed by atoms with E-state index < -0.39 is 12.1 Å². The number of aryl methyl sites for hydroxylation is 1. The number of nitrogens with one attached hydrogen (secondary N) is 1. The average Bonchev–Trinajstić information content (AvgIpc) is 3.35. The number of aromatic nitrogens is 3. The summed E-state index contributed by atoms with van der Waals surface area (Å²) < 4.78 is 34.6. The molecule has 0 radical (unpaired) electrons. The van der Waals surface area contributed by atoms with Gasteiger partial charge >= 0.3 is 0 Å². The van der Waals surface area contributed by atoms with Gasteiger partial charge in [0.2, 0.25) is 5.95 Å². The van der Waals surface area contributed by atoms with Crippen LogP contribution in [0.15, 0.2) is 72.6 Å². The Balaban J connectivity index is 1.63. The minimum absolute atomic E-state index is 0.325. The second kappa shape index (κ2) is 8.16. The molecule has 7 nitrogen and oxygen atoms in total. The molecular formula is C27H23FN4O3. The van der Waals surface area contributed by atoms with Crippen LogP contribution in [0.2, 0.25) is 0 Å². The van der Waals surface area contributed by atoms with Gasteiger partial charge in [-0.15, -0.1) is 0 Å². The number of hydrogen-bond donors (Lipinski definition) is 1. The number of hydrogen-bond acceptors (Lipinski definition) is 6. The third kappa shape index (κ3) is 3.32. The van der Waals surface area contributed by atoms with E-state index in [2.05, 4.69) is 21.5 Å². The molecule has 0 saturated carbocycles. The Hall–Kier alpha value is -4.33. The summed E-state index contributed by atoms with van der Waals surface area (Å²) in [5.41, 5.74) is 4.97. The van der Waals surface area contributed by atoms with Crippen molar-refractivity contribution in [2.45, 2.75) is 19.1 Å². The van der Waals surface area contributed by atoms with Gasteiger partial charge in [-0.1, -0.05) is 35.9 Å². The number of halogens is 1. The van der Waals surface area contributed by atoms with Crippen LogP contribution >= 0.6 is 0 Å². The van der Waals surface area contributed by atoms with Gasteiger partial charge < -0.3 is 19.5 Å². The first-order valence-electron chi connectivity index (χ1n) is 11.2. The van der Waals surface area contributed by atoms with Gasteiger partial charge in [0.05, 0.1) is 19.9 Å². The number of anilines is 1. The van der Waals surface area contributed by atoms with Gasteiger partial charge in [-0.3, -0.25) is 0 Å². The maximum Gasteiger partial charge on any atom is 0.226 e. The zero-order valence-corrected chi connectivity index (χ0v) is 19.4. The quantitative estimate of drug-likeness (QED) is 0.436. The van der Waals surface area contributed by atoms with Gasteiger partial charge in [0, 0.05) is 22.3 Å². The molecule has 0 unspecified atom stereocenters. The number of nitrogens with zero attached hydrogens (tertiary/aromatic N) is 3. The second-order valence-electron chi connectivity index (χ2n) is 8.52. The van der Waals surface area contributed by atoms with E-state index in [-0.39, 0.29) is 5.82 Å². The number of methoxy groups -OCH3 is 2. The van der Waals surface area contributed by atoms with E-state index in [9.17, 15) is 0 Å². The summed E-state index contributed by atoms with van der Waals surface area (Å²) in [5.74, 6) is 2.13. The normalized spacial score (nSPS) is 18.1. The largest absolute Gasteiger partial charge is 0.493 e. The summed E-state index contributed by atoms with van der Waals surface area (Å²) >= 11 is 0. The van der Waals surface area contributed by atoms with Crippen LogP contribution < -0.4 is 19.5 Å². The van der Waals surface area contributed by atoms with E-state index >= 15 is 4.39 Å². The highest BCUT2D eigenvalue weighted by atomic mass is 19.1. The molecule has 0 aliphatic carbocycles. The summed E-state index contributed by atoms with van der Waals surface area (Å²) in [6, 6.07) is 17.9. The first-order valence-corrected chi connectivity index (χ1v) is 11.2. The molecule has 2 atom stereocenters. The van der Waals surface area contributed by atoms with Crippen molar-refractivity contribution >= 4 is 11.6 Å². The number of benzene rings is 3. The molecule has 0 bridgehead atoms. The van der Waals surface area contributed by atoms with Crippen molar-refractivity contribution in [2.24, 2.45) is 0 Å². The molecule has 6 rings (SSSR count). The van der Waals surface area contributed by atoms with Crippen LogP contribution in [0.5, 0.6) is 17.2 Å². The zero-order valence-electron chi connectivity index (χ0n) is 19.4. The third-order valence-corrected chi connectivity index (χ3v) is 6.48. The molecule has 0 amide bonds. The van der Waals surface area contributed by atoms with Crippen LogP contribution in [0.1, 0.15) is 34.4 Å². The molecule has 35 heavy (non-hydrogen) atoms. The topological polar surface area (TPSA) is 70.4 Å². The van der Waals surface area contributed by atoms with E-state index in [1.165, 1.54) is 12.4 Å². The van der Waals surface area contributed by atoms with Crippen molar-refractivity contribution in [1.29, 1.82) is 0 Å². The second-order valence-corrected chi connectivity index (χ2v) is 8.52. The molecule has 3 aromatic carbocycles. The molecule has 0 saturated heterocycles. The lowest BCUT2D eigenvalue weighted by molar-refractivity contribution is 0.221. The fourth-order valence-electron chi connectivity index (χ4n) is 4.87. The SMILES string of the molecule is COc1ccc([C@@H]2Oc3ccc(C)cc3C3=C2[C@@H](c2ccccc2F)n2ncnc2N3)cc1OC. The van der Waals surface area contributed by atoms with Gasteiger partial charge in [0.1, 0.15) is 30.0 Å². The average molecular weight is 471 g/mol. The number of fused-ring (bicyclic) bond motifs is 3. The van der Waals surface area contributed by atoms with Crippen LogP contribution in [0.4, 0.5) is 10.3 Å². The van der Waals surface area contributed by atoms with Gasteiger partial charge in [-0.05, 0) is 37.3 Å². The lowest BCUT2D eigenvalue weighted by Crippen LogP contribution is -2.33. The van der Waals surface area contributed by atoms with Crippen molar-refractivity contribution in [3.05, 3.63) is 101 Å². The summed E-state index contributed by atoms with van der Waals surface area (Å²) in [6.07, 6.45) is 0.924. The first kappa shape index (κ1) is 21.2. The highest BCUT2D eigenvalue weighted by molar-refractivity contribution is 5.85. The third-order valence-electron chi connectivity index (χ3n) is 6.48. The van der Waals surface area contributed by atoms with Gasteiger partial charge in [0.15, 0.2) is 11.5 Å². The molecule has 2 aliphatic heterocycles. The zero-order chi connectivity index (χ0) is 24.1. The van der Waals surface area contributed by atoms with Crippen molar-refractivity contribution < 1.29 is 18.6 Å². The molecule has 1 N–H and O–H groups in total. The van der Waals surface area contributed by atoms with E-state index in [4.69, 9.17) is 14.2 Å². The van der Waals surface area contributed by atoms with Gasteiger partial charge in [-0.2, -0.15) is 10.1 Å². The highest BCUT2D eigenvalue weighted by Crippen LogP contribution is 2.51. The monoisotopic (exact) mass is 470 g/mol. The molecule has 2 aliphatic rings. The molecule has 176 valence electrons. The summed E-state index contributed by atoms with van der Waals surface area (Å²) in [4.78, 5) is 4.40. The number of rotatable bonds is 4. The Morgan fingerprint density at radius 2 is 1.83 bits per heavy atom. The van der Waals surface area contributed by atoms with Crippen molar-refractivity contribution in [3.63, 3.8) is 0 Å². The molecule has 1 aromatic heterocycles. The van der Waals surface area contributed by atoms with Crippen LogP contribution in [0.3, 0.4) is 0 Å². The predicted molar refractivity (Wildman–Crippen MR) is 129 cm³/mol. The molecule has 8 heteroatoms. The van der Waals surface area contributed by atoms with Crippen LogP contribution in [-0.2, 0) is 0 Å². The highest BCUT2D eigenvalue weighted by Gasteiger charge is 2.42. The lowest BCUT2D eigenvalue weighted by Gasteiger charge is -2.39. The van der Waals surface area contributed by atoms with E-state index in [1.807, 2.05) is 43.3 Å². The van der Waals surface area contributed by atoms with Crippen molar-refractivity contribution in [3.8, 4) is 17.2 Å². The fourth-order valence-corrected chi connectivity index (χ4v) is 4.87. The maximum absolute atomic E-state index is 15.3. The Kier molecular flexibility index (Phi) is 4.95. The Morgan fingerprint density at radius 1 is 1.00 bits per heavy atom. The Morgan fingerprint density at radius 3 is 2.63 bits per heavy atom. The standard InChI is InChI=1S/C27H23FN4O3/c1-15-8-10-20-18(12-15)24-23(26(35-20)16-9-11-21(33-2)22(13-16)34-3)25(17-6-4-5-7-19(17)28)32-27(31-24)29-14-30-32/h4-14,25-26H,1-3H3,(H,29,30,31)/t25-,26+/m1/s1. The minimum Gasteiger partial charge on any atom is -0.493 e. The minimum atomic E-state index is -0.572. The summed E-state index contributed by atoms with van der Waals surface area (Å²) in [7, 11) is 3.19. The molecular weight excluding hydrogens is 447 g/mol. The Bertz CT molecular complexity index is 1480. The van der Waals surface area contributed by atoms with E-state index in [0.29, 0.717) is 23.0 Å². The first-order chi connectivity index (χ1) is 17.1. The molecule has 0 fully saturated rings. The Labute approximate surface area is 201 Å². The molecule has 4 aromatic rings. The number of ether oxygens (including phenoxy) is 3. The van der Waals surface area contributed by atoms with E-state index in [0.717, 1.165) is 33.7 Å². The van der Waals surface area contributed by atoms with Crippen LogP contribution in [0, 0.1) is 12.7 Å². The fraction of sp³-hybridized carbons (Fsp3) is 0.185. The van der Waals surface area contributed by atoms with Gasteiger partial charge in [0.25, 0.3) is 0 Å². The molecule has 0 spiro atoms. The van der Waals surface area contributed by atoms with Crippen LogP contribution in [0.25, 0.3) is 5.70 Å². The summed E-state index contributed by atoms with van der Waals surface area (Å²) in [5, 5.41) is 7.89. The van der Waals surface area contributed by atoms with Crippen LogP contribution in [-0.4, -0.2) is 29.0 Å². The smallest absolute Gasteiger partial charge is 0.226 e. The summed E-state index contributed by atoms with van der Waals surface area (Å²) in [6.45, 7) is 2.03. The van der Waals surface area contributed by atoms with E-state index in [1.54, 1.807) is 31.0 Å². The maximum atomic E-state index is 15.3. The van der Waals surface area contributed by atoms with Crippen molar-refractivity contribution in [2.75, 3.05) is 19.5 Å². The van der Waals surface area contributed by atoms with Crippen molar-refractivity contribution in [1.82, 2.24) is 14.8 Å². The molecule has 3 heterocycles. The lowest BCUT2D eigenvalue weighted by atomic mass is 9.84.